The van der Waals surface area contributed by atoms with Crippen LogP contribution in [0.3, 0.4) is 0 Å². The molecule has 1 heterocycles. The molecule has 0 atom stereocenters. The third-order valence-corrected chi connectivity index (χ3v) is 4.94. The quantitative estimate of drug-likeness (QED) is 0.509. The molecule has 3 rings (SSSR count). The van der Waals surface area contributed by atoms with Crippen LogP contribution in [0.2, 0.25) is 10.0 Å². The summed E-state index contributed by atoms with van der Waals surface area (Å²) in [5.74, 6) is 0. The van der Waals surface area contributed by atoms with E-state index in [9.17, 15) is 0 Å². The van der Waals surface area contributed by atoms with E-state index in [-0.39, 0.29) is 0 Å². The highest BCUT2D eigenvalue weighted by Crippen LogP contribution is 2.26. The molecule has 0 aliphatic rings. The van der Waals surface area contributed by atoms with Gasteiger partial charge in [-0.1, -0.05) is 59.1 Å². The first-order valence-electron chi connectivity index (χ1n) is 8.48. The molecule has 6 heteroatoms. The third-order valence-electron chi connectivity index (χ3n) is 4.03. The lowest BCUT2D eigenvalue weighted by molar-refractivity contribution is 0.407. The minimum absolute atomic E-state index is 0.526. The number of hydrogen-bond acceptors (Lipinski definition) is 2. The van der Waals surface area contributed by atoms with Gasteiger partial charge < -0.3 is 10.2 Å². The lowest BCUT2D eigenvalue weighted by atomic mass is 10.1. The van der Waals surface area contributed by atoms with Crippen LogP contribution in [0.5, 0.6) is 0 Å². The second-order valence-corrected chi connectivity index (χ2v) is 7.45. The first-order valence-corrected chi connectivity index (χ1v) is 9.64. The number of nitrogens with one attached hydrogen (secondary N) is 1. The monoisotopic (exact) mass is 415 g/mol. The second-order valence-electron chi connectivity index (χ2n) is 6.22. The molecule has 0 saturated carbocycles. The minimum Gasteiger partial charge on any atom is -0.339 e. The zero-order chi connectivity index (χ0) is 19.2. The van der Waals surface area contributed by atoms with Gasteiger partial charge in [0, 0.05) is 17.8 Å². The van der Waals surface area contributed by atoms with Crippen LogP contribution in [0.4, 0.5) is 5.69 Å². The number of hydrogen-bond donors (Lipinski definition) is 1. The van der Waals surface area contributed by atoms with Gasteiger partial charge in [0.2, 0.25) is 0 Å². The number of thiocarbonyl (C=S) groups is 1. The predicted molar refractivity (Wildman–Crippen MR) is 117 cm³/mol. The number of aryl methyl sites for hydroxylation is 1. The Morgan fingerprint density at radius 3 is 2.48 bits per heavy atom. The van der Waals surface area contributed by atoms with E-state index in [4.69, 9.17) is 35.4 Å². The molecule has 0 aliphatic carbocycles. The summed E-state index contributed by atoms with van der Waals surface area (Å²) in [6.07, 6.45) is 1.78. The van der Waals surface area contributed by atoms with E-state index in [2.05, 4.69) is 46.4 Å². The summed E-state index contributed by atoms with van der Waals surface area (Å²) in [5, 5.41) is 4.91. The van der Waals surface area contributed by atoms with E-state index in [1.54, 1.807) is 18.3 Å². The van der Waals surface area contributed by atoms with Gasteiger partial charge in [-0.05, 0) is 55.0 Å². The van der Waals surface area contributed by atoms with E-state index in [1.807, 2.05) is 24.3 Å². The number of halogens is 2. The van der Waals surface area contributed by atoms with Crippen LogP contribution < -0.4 is 5.32 Å². The average Bonchev–Trinajstić information content (AvgIpc) is 2.66. The van der Waals surface area contributed by atoms with Gasteiger partial charge in [-0.2, -0.15) is 0 Å². The highest BCUT2D eigenvalue weighted by molar-refractivity contribution is 7.80. The Morgan fingerprint density at radius 1 is 1.04 bits per heavy atom. The van der Waals surface area contributed by atoms with Gasteiger partial charge in [-0.25, -0.2) is 0 Å². The molecule has 0 spiro atoms. The molecule has 0 saturated heterocycles. The van der Waals surface area contributed by atoms with Crippen LogP contribution in [0.25, 0.3) is 0 Å². The zero-order valence-electron chi connectivity index (χ0n) is 14.8. The SMILES string of the molecule is Cc1ccc(CN(Cc2ccccn2)C(=S)Nc2ccc(Cl)cc2Cl)cc1. The number of aromatic nitrogens is 1. The Morgan fingerprint density at radius 2 is 1.81 bits per heavy atom. The summed E-state index contributed by atoms with van der Waals surface area (Å²) in [6, 6.07) is 19.6. The van der Waals surface area contributed by atoms with Crippen LogP contribution in [-0.4, -0.2) is 15.0 Å². The summed E-state index contributed by atoms with van der Waals surface area (Å²) in [6.45, 7) is 3.32. The van der Waals surface area contributed by atoms with Crippen LogP contribution in [-0.2, 0) is 13.1 Å². The fourth-order valence-electron chi connectivity index (χ4n) is 2.59. The van der Waals surface area contributed by atoms with E-state index < -0.39 is 0 Å². The molecule has 1 aromatic heterocycles. The smallest absolute Gasteiger partial charge is 0.174 e. The second kappa shape index (κ2) is 9.18. The molecule has 0 amide bonds. The van der Waals surface area contributed by atoms with Crippen molar-refractivity contribution >= 4 is 46.2 Å². The van der Waals surface area contributed by atoms with E-state index in [0.717, 1.165) is 11.4 Å². The number of anilines is 1. The van der Waals surface area contributed by atoms with Crippen molar-refractivity contribution in [2.45, 2.75) is 20.0 Å². The molecule has 0 fully saturated rings. The molecule has 3 nitrogen and oxygen atoms in total. The normalized spacial score (nSPS) is 10.5. The highest BCUT2D eigenvalue weighted by atomic mass is 35.5. The molecular formula is C21H19Cl2N3S. The Labute approximate surface area is 175 Å². The van der Waals surface area contributed by atoms with Gasteiger partial charge in [-0.3, -0.25) is 4.98 Å². The zero-order valence-corrected chi connectivity index (χ0v) is 17.2. The Balaban J connectivity index is 1.81. The van der Waals surface area contributed by atoms with Crippen LogP contribution >= 0.6 is 35.4 Å². The largest absolute Gasteiger partial charge is 0.339 e. The van der Waals surface area contributed by atoms with Gasteiger partial charge in [0.25, 0.3) is 0 Å². The maximum atomic E-state index is 6.28. The van der Waals surface area contributed by atoms with Crippen molar-refractivity contribution in [3.63, 3.8) is 0 Å². The van der Waals surface area contributed by atoms with Crippen molar-refractivity contribution in [2.75, 3.05) is 5.32 Å². The molecule has 1 N–H and O–H groups in total. The van der Waals surface area contributed by atoms with Crippen LogP contribution in [0, 0.1) is 6.92 Å². The molecule has 0 unspecified atom stereocenters. The van der Waals surface area contributed by atoms with Gasteiger partial charge in [0.1, 0.15) is 0 Å². The van der Waals surface area contributed by atoms with Crippen molar-refractivity contribution in [2.24, 2.45) is 0 Å². The summed E-state index contributed by atoms with van der Waals surface area (Å²) in [4.78, 5) is 6.48. The highest BCUT2D eigenvalue weighted by Gasteiger charge is 2.14. The Bertz CT molecular complexity index is 914. The first-order chi connectivity index (χ1) is 13.0. The van der Waals surface area contributed by atoms with Crippen LogP contribution in [0.15, 0.2) is 66.9 Å². The molecule has 0 aliphatic heterocycles. The van der Waals surface area contributed by atoms with Gasteiger partial charge in [-0.15, -0.1) is 0 Å². The predicted octanol–water partition coefficient (Wildman–Crippen LogP) is 6.10. The molecule has 0 bridgehead atoms. The Hall–Kier alpha value is -2.14. The Kier molecular flexibility index (Phi) is 6.67. The van der Waals surface area contributed by atoms with Crippen molar-refractivity contribution in [3.05, 3.63) is 93.7 Å². The van der Waals surface area contributed by atoms with E-state index in [0.29, 0.717) is 28.2 Å². The van der Waals surface area contributed by atoms with Crippen molar-refractivity contribution in [3.8, 4) is 0 Å². The van der Waals surface area contributed by atoms with Gasteiger partial charge in [0.05, 0.1) is 22.9 Å². The number of pyridine rings is 1. The molecule has 3 aromatic rings. The topological polar surface area (TPSA) is 28.2 Å². The number of nitrogens with zero attached hydrogens (tertiary/aromatic N) is 2. The van der Waals surface area contributed by atoms with Gasteiger partial charge >= 0.3 is 0 Å². The molecule has 27 heavy (non-hydrogen) atoms. The first kappa shape index (κ1) is 19.6. The number of rotatable bonds is 5. The van der Waals surface area contributed by atoms with Crippen molar-refractivity contribution < 1.29 is 0 Å². The summed E-state index contributed by atoms with van der Waals surface area (Å²) >= 11 is 17.9. The molecule has 138 valence electrons. The van der Waals surface area contributed by atoms with Crippen molar-refractivity contribution in [1.29, 1.82) is 0 Å². The fraction of sp³-hybridized carbons (Fsp3) is 0.143. The van der Waals surface area contributed by atoms with Gasteiger partial charge in [0.15, 0.2) is 5.11 Å². The van der Waals surface area contributed by atoms with E-state index >= 15 is 0 Å². The maximum absolute atomic E-state index is 6.28. The fourth-order valence-corrected chi connectivity index (χ4v) is 3.28. The van der Waals surface area contributed by atoms with E-state index in [1.165, 1.54) is 11.1 Å². The minimum atomic E-state index is 0.526. The number of benzene rings is 2. The molecular weight excluding hydrogens is 397 g/mol. The third kappa shape index (κ3) is 5.67. The average molecular weight is 416 g/mol. The maximum Gasteiger partial charge on any atom is 0.174 e. The standard InChI is InChI=1S/C21H19Cl2N3S/c1-15-5-7-16(8-6-15)13-26(14-18-4-2-3-11-24-18)21(27)25-20-10-9-17(22)12-19(20)23/h2-12H,13-14H2,1H3,(H,25,27). The molecule has 2 aromatic carbocycles. The molecule has 0 radical (unpaired) electrons. The lowest BCUT2D eigenvalue weighted by Crippen LogP contribution is -2.34. The summed E-state index contributed by atoms with van der Waals surface area (Å²) < 4.78 is 0. The lowest BCUT2D eigenvalue weighted by Gasteiger charge is -2.26. The summed E-state index contributed by atoms with van der Waals surface area (Å²) in [5.41, 5.74) is 4.06. The van der Waals surface area contributed by atoms with Crippen molar-refractivity contribution in [1.82, 2.24) is 9.88 Å². The summed E-state index contributed by atoms with van der Waals surface area (Å²) in [7, 11) is 0. The van der Waals surface area contributed by atoms with Crippen LogP contribution in [0.1, 0.15) is 16.8 Å².